The van der Waals surface area contributed by atoms with Crippen LogP contribution in [0.4, 0.5) is 0 Å². The lowest BCUT2D eigenvalue weighted by molar-refractivity contribution is 0.0706. The van der Waals surface area contributed by atoms with Crippen LogP contribution in [0.25, 0.3) is 11.4 Å². The molecule has 0 spiro atoms. The summed E-state index contributed by atoms with van der Waals surface area (Å²) in [5.41, 5.74) is 1.30. The number of amides is 1. The molecule has 1 aromatic heterocycles. The highest BCUT2D eigenvalue weighted by atomic mass is 16.5. The number of hydrogen-bond donors (Lipinski definition) is 0. The van der Waals surface area contributed by atoms with Gasteiger partial charge in [0, 0.05) is 6.54 Å². The summed E-state index contributed by atoms with van der Waals surface area (Å²) >= 11 is 0. The van der Waals surface area contributed by atoms with E-state index in [1.54, 1.807) is 18.1 Å². The lowest BCUT2D eigenvalue weighted by Gasteiger charge is -2.23. The number of ether oxygens (including phenoxy) is 2. The lowest BCUT2D eigenvalue weighted by atomic mass is 10.1. The van der Waals surface area contributed by atoms with Gasteiger partial charge < -0.3 is 18.9 Å². The molecule has 1 amide bonds. The second kappa shape index (κ2) is 8.34. The van der Waals surface area contributed by atoms with E-state index in [0.717, 1.165) is 18.4 Å². The molecular weight excluding hydrogens is 370 g/mol. The van der Waals surface area contributed by atoms with Crippen molar-refractivity contribution in [2.45, 2.75) is 25.8 Å². The zero-order valence-corrected chi connectivity index (χ0v) is 16.5. The third-order valence-electron chi connectivity index (χ3n) is 5.01. The molecule has 1 fully saturated rings. The molecule has 7 heteroatoms. The van der Waals surface area contributed by atoms with Gasteiger partial charge in [0.1, 0.15) is 17.5 Å². The van der Waals surface area contributed by atoms with E-state index in [9.17, 15) is 4.79 Å². The smallest absolute Gasteiger partial charge is 0.258 e. The number of para-hydroxylation sites is 2. The summed E-state index contributed by atoms with van der Waals surface area (Å²) < 4.78 is 16.6. The highest BCUT2D eigenvalue weighted by Crippen LogP contribution is 2.35. The Hall–Kier alpha value is -3.35. The van der Waals surface area contributed by atoms with Gasteiger partial charge in [0.15, 0.2) is 0 Å². The topological polar surface area (TPSA) is 77.7 Å². The molecule has 0 saturated carbocycles. The molecule has 1 atom stereocenters. The van der Waals surface area contributed by atoms with Crippen LogP contribution >= 0.6 is 0 Å². The zero-order chi connectivity index (χ0) is 20.2. The van der Waals surface area contributed by atoms with Gasteiger partial charge in [-0.25, -0.2) is 0 Å². The number of rotatable bonds is 6. The van der Waals surface area contributed by atoms with Crippen molar-refractivity contribution in [3.05, 3.63) is 60.0 Å². The Bertz CT molecular complexity index is 1000. The maximum absolute atomic E-state index is 13.2. The third-order valence-corrected chi connectivity index (χ3v) is 5.01. The van der Waals surface area contributed by atoms with Crippen LogP contribution < -0.4 is 9.47 Å². The summed E-state index contributed by atoms with van der Waals surface area (Å²) in [6.07, 6.45) is 1.65. The van der Waals surface area contributed by atoms with Crippen molar-refractivity contribution in [3.8, 4) is 22.9 Å². The van der Waals surface area contributed by atoms with Crippen molar-refractivity contribution < 1.29 is 18.8 Å². The van der Waals surface area contributed by atoms with Crippen molar-refractivity contribution in [2.24, 2.45) is 0 Å². The Morgan fingerprint density at radius 1 is 1.17 bits per heavy atom. The van der Waals surface area contributed by atoms with E-state index in [4.69, 9.17) is 14.0 Å². The van der Waals surface area contributed by atoms with Gasteiger partial charge in [-0.1, -0.05) is 29.4 Å². The second-order valence-electron chi connectivity index (χ2n) is 6.74. The molecule has 1 aliphatic rings. The summed E-state index contributed by atoms with van der Waals surface area (Å²) in [4.78, 5) is 19.6. The Morgan fingerprint density at radius 2 is 1.93 bits per heavy atom. The quantitative estimate of drug-likeness (QED) is 0.627. The number of hydrogen-bond acceptors (Lipinski definition) is 6. The summed E-state index contributed by atoms with van der Waals surface area (Å²) in [5, 5.41) is 4.12. The molecule has 0 N–H and O–H groups in total. The summed E-state index contributed by atoms with van der Waals surface area (Å²) in [7, 11) is 1.60. The Kier molecular flexibility index (Phi) is 5.46. The van der Waals surface area contributed by atoms with E-state index in [1.165, 1.54) is 0 Å². The third kappa shape index (κ3) is 3.68. The molecule has 1 aliphatic heterocycles. The van der Waals surface area contributed by atoms with Crippen LogP contribution in [0.1, 0.15) is 42.1 Å². The number of likely N-dealkylation sites (tertiary alicyclic amines) is 1. The van der Waals surface area contributed by atoms with Crippen molar-refractivity contribution in [1.29, 1.82) is 0 Å². The van der Waals surface area contributed by atoms with Crippen LogP contribution in [0.2, 0.25) is 0 Å². The molecule has 0 unspecified atom stereocenters. The van der Waals surface area contributed by atoms with Crippen molar-refractivity contribution >= 4 is 5.91 Å². The number of methoxy groups -OCH3 is 1. The molecule has 3 aromatic rings. The van der Waals surface area contributed by atoms with E-state index >= 15 is 0 Å². The Labute approximate surface area is 169 Å². The lowest BCUT2D eigenvalue weighted by Crippen LogP contribution is -2.31. The van der Waals surface area contributed by atoms with Crippen LogP contribution in [0.3, 0.4) is 0 Å². The molecular formula is C22H23N3O4. The molecule has 2 aromatic carbocycles. The minimum Gasteiger partial charge on any atom is -0.496 e. The van der Waals surface area contributed by atoms with Gasteiger partial charge in [0.05, 0.1) is 24.8 Å². The van der Waals surface area contributed by atoms with Crippen molar-refractivity contribution in [2.75, 3.05) is 20.3 Å². The first-order valence-corrected chi connectivity index (χ1v) is 9.72. The average Bonchev–Trinajstić information content (AvgIpc) is 3.43. The van der Waals surface area contributed by atoms with Crippen LogP contribution in [0, 0.1) is 0 Å². The van der Waals surface area contributed by atoms with Gasteiger partial charge in [-0.2, -0.15) is 4.98 Å². The highest BCUT2D eigenvalue weighted by Gasteiger charge is 2.35. The first kappa shape index (κ1) is 19.0. The number of carbonyl (C=O) groups excluding carboxylic acids is 1. The summed E-state index contributed by atoms with van der Waals surface area (Å²) in [6, 6.07) is 14.6. The minimum atomic E-state index is -0.256. The molecule has 0 bridgehead atoms. The molecule has 2 heterocycles. The fourth-order valence-electron chi connectivity index (χ4n) is 3.66. The first-order valence-electron chi connectivity index (χ1n) is 9.72. The molecule has 150 valence electrons. The van der Waals surface area contributed by atoms with Crippen molar-refractivity contribution in [1.82, 2.24) is 15.0 Å². The van der Waals surface area contributed by atoms with E-state index in [1.807, 2.05) is 49.4 Å². The van der Waals surface area contributed by atoms with Gasteiger partial charge >= 0.3 is 0 Å². The maximum Gasteiger partial charge on any atom is 0.258 e. The summed E-state index contributed by atoms with van der Waals surface area (Å²) in [5.74, 6) is 2.06. The fraction of sp³-hybridized carbons (Fsp3) is 0.318. The van der Waals surface area contributed by atoms with Gasteiger partial charge in [-0.05, 0) is 44.0 Å². The molecule has 4 rings (SSSR count). The largest absolute Gasteiger partial charge is 0.496 e. The first-order chi connectivity index (χ1) is 14.2. The Morgan fingerprint density at radius 3 is 2.72 bits per heavy atom. The standard InChI is InChI=1S/C22H23N3O4/c1-3-28-19-13-7-5-10-16(19)22(26)25-14-8-11-17(25)21-23-20(24-29-21)15-9-4-6-12-18(15)27-2/h4-7,9-10,12-13,17H,3,8,11,14H2,1-2H3/t17-/m0/s1. The zero-order valence-electron chi connectivity index (χ0n) is 16.5. The van der Waals surface area contributed by atoms with Gasteiger partial charge in [0.2, 0.25) is 11.7 Å². The van der Waals surface area contributed by atoms with Gasteiger partial charge in [-0.3, -0.25) is 4.79 Å². The number of nitrogens with zero attached hydrogens (tertiary/aromatic N) is 3. The molecule has 29 heavy (non-hydrogen) atoms. The van der Waals surface area contributed by atoms with Crippen LogP contribution in [-0.4, -0.2) is 41.2 Å². The maximum atomic E-state index is 13.2. The molecule has 1 saturated heterocycles. The van der Waals surface area contributed by atoms with Crippen LogP contribution in [0.15, 0.2) is 53.1 Å². The number of benzene rings is 2. The van der Waals surface area contributed by atoms with E-state index in [-0.39, 0.29) is 11.9 Å². The van der Waals surface area contributed by atoms with Crippen molar-refractivity contribution in [3.63, 3.8) is 0 Å². The van der Waals surface area contributed by atoms with E-state index < -0.39 is 0 Å². The second-order valence-corrected chi connectivity index (χ2v) is 6.74. The average molecular weight is 393 g/mol. The van der Waals surface area contributed by atoms with Crippen LogP contribution in [0.5, 0.6) is 11.5 Å². The molecule has 7 nitrogen and oxygen atoms in total. The SMILES string of the molecule is CCOc1ccccc1C(=O)N1CCC[C@H]1c1nc(-c2ccccc2OC)no1. The summed E-state index contributed by atoms with van der Waals surface area (Å²) in [6.45, 7) is 3.04. The van der Waals surface area contributed by atoms with Gasteiger partial charge in [-0.15, -0.1) is 0 Å². The van der Waals surface area contributed by atoms with E-state index in [0.29, 0.717) is 41.9 Å². The van der Waals surface area contributed by atoms with Gasteiger partial charge in [0.25, 0.3) is 5.91 Å². The fourth-order valence-corrected chi connectivity index (χ4v) is 3.66. The normalized spacial score (nSPS) is 16.1. The monoisotopic (exact) mass is 393 g/mol. The number of aromatic nitrogens is 2. The number of carbonyl (C=O) groups is 1. The minimum absolute atomic E-state index is 0.0893. The predicted octanol–water partition coefficient (Wildman–Crippen LogP) is 4.12. The molecule has 0 aliphatic carbocycles. The van der Waals surface area contributed by atoms with E-state index in [2.05, 4.69) is 10.1 Å². The van der Waals surface area contributed by atoms with Crippen LogP contribution in [-0.2, 0) is 0 Å². The highest BCUT2D eigenvalue weighted by molar-refractivity contribution is 5.97. The molecule has 0 radical (unpaired) electrons. The predicted molar refractivity (Wildman–Crippen MR) is 107 cm³/mol. The Balaban J connectivity index is 1.61.